The standard InChI is InChI=1S/C16H17IO2S/c1-11-6-8-13(9-7-11)20(19)10-15(18)14-5-3-4-12(2)16(14)17/h3-9,15,18H,10H2,1-2H3/t15-,20?/m0/s1. The lowest BCUT2D eigenvalue weighted by Gasteiger charge is -2.14. The number of hydrogen-bond donors (Lipinski definition) is 1. The van der Waals surface area contributed by atoms with E-state index < -0.39 is 16.9 Å². The summed E-state index contributed by atoms with van der Waals surface area (Å²) < 4.78 is 13.3. The molecule has 0 aromatic heterocycles. The van der Waals surface area contributed by atoms with Crippen LogP contribution in [0.4, 0.5) is 0 Å². The fourth-order valence-electron chi connectivity index (χ4n) is 1.95. The molecule has 0 bridgehead atoms. The Morgan fingerprint density at radius 1 is 1.15 bits per heavy atom. The first-order valence-corrected chi connectivity index (χ1v) is 8.77. The molecule has 0 aliphatic rings. The molecule has 2 aromatic carbocycles. The Morgan fingerprint density at radius 2 is 1.80 bits per heavy atom. The average molecular weight is 400 g/mol. The third kappa shape index (κ3) is 3.68. The summed E-state index contributed by atoms with van der Waals surface area (Å²) in [5.41, 5.74) is 3.12. The van der Waals surface area contributed by atoms with E-state index in [-0.39, 0.29) is 5.75 Å². The maximum atomic E-state index is 12.3. The second-order valence-electron chi connectivity index (χ2n) is 4.82. The zero-order chi connectivity index (χ0) is 14.7. The first-order chi connectivity index (χ1) is 9.49. The van der Waals surface area contributed by atoms with Crippen LogP contribution in [0, 0.1) is 17.4 Å². The van der Waals surface area contributed by atoms with Gasteiger partial charge >= 0.3 is 0 Å². The van der Waals surface area contributed by atoms with Crippen molar-refractivity contribution >= 4 is 33.4 Å². The summed E-state index contributed by atoms with van der Waals surface area (Å²) >= 11 is 2.23. The molecule has 1 N–H and O–H groups in total. The summed E-state index contributed by atoms with van der Waals surface area (Å²) in [4.78, 5) is 0.761. The summed E-state index contributed by atoms with van der Waals surface area (Å²) in [5.74, 6) is 0.225. The van der Waals surface area contributed by atoms with Gasteiger partial charge in [-0.05, 0) is 59.7 Å². The molecule has 20 heavy (non-hydrogen) atoms. The number of rotatable bonds is 4. The largest absolute Gasteiger partial charge is 0.387 e. The second kappa shape index (κ2) is 6.83. The smallest absolute Gasteiger partial charge is 0.0919 e. The van der Waals surface area contributed by atoms with Gasteiger partial charge in [0.15, 0.2) is 0 Å². The van der Waals surface area contributed by atoms with Gasteiger partial charge < -0.3 is 5.11 Å². The zero-order valence-electron chi connectivity index (χ0n) is 11.5. The third-order valence-electron chi connectivity index (χ3n) is 3.17. The number of aryl methyl sites for hydroxylation is 2. The lowest BCUT2D eigenvalue weighted by Crippen LogP contribution is -2.11. The highest BCUT2D eigenvalue weighted by Gasteiger charge is 2.16. The van der Waals surface area contributed by atoms with Gasteiger partial charge in [0.05, 0.1) is 22.7 Å². The Labute approximate surface area is 135 Å². The molecule has 0 radical (unpaired) electrons. The van der Waals surface area contributed by atoms with E-state index in [1.54, 1.807) is 0 Å². The van der Waals surface area contributed by atoms with Crippen LogP contribution < -0.4 is 0 Å². The number of hydrogen-bond acceptors (Lipinski definition) is 2. The Bertz CT molecular complexity index is 623. The van der Waals surface area contributed by atoms with Gasteiger partial charge in [-0.1, -0.05) is 35.9 Å². The SMILES string of the molecule is Cc1ccc(S(=O)C[C@H](O)c2cccc(C)c2I)cc1. The second-order valence-corrected chi connectivity index (χ2v) is 7.39. The predicted octanol–water partition coefficient (Wildman–Crippen LogP) is 3.75. The highest BCUT2D eigenvalue weighted by atomic mass is 127. The lowest BCUT2D eigenvalue weighted by atomic mass is 10.1. The van der Waals surface area contributed by atoms with Gasteiger partial charge in [-0.15, -0.1) is 0 Å². The van der Waals surface area contributed by atoms with Crippen molar-refractivity contribution in [3.8, 4) is 0 Å². The van der Waals surface area contributed by atoms with Gasteiger partial charge in [0.25, 0.3) is 0 Å². The Kier molecular flexibility index (Phi) is 5.35. The molecule has 0 aliphatic heterocycles. The monoisotopic (exact) mass is 400 g/mol. The van der Waals surface area contributed by atoms with Crippen LogP contribution in [0.15, 0.2) is 47.4 Å². The summed E-state index contributed by atoms with van der Waals surface area (Å²) in [6.45, 7) is 4.01. The van der Waals surface area contributed by atoms with Crippen molar-refractivity contribution < 1.29 is 9.32 Å². The molecular formula is C16H17IO2S. The summed E-state index contributed by atoms with van der Waals surface area (Å²) in [7, 11) is -1.19. The van der Waals surface area contributed by atoms with Crippen molar-refractivity contribution in [3.63, 3.8) is 0 Å². The van der Waals surface area contributed by atoms with E-state index in [9.17, 15) is 9.32 Å². The van der Waals surface area contributed by atoms with E-state index in [1.165, 1.54) is 0 Å². The fourth-order valence-corrected chi connectivity index (χ4v) is 3.76. The van der Waals surface area contributed by atoms with Gasteiger partial charge in [-0.25, -0.2) is 0 Å². The minimum absolute atomic E-state index is 0.225. The van der Waals surface area contributed by atoms with Gasteiger partial charge in [-0.2, -0.15) is 0 Å². The molecular weight excluding hydrogens is 383 g/mol. The molecule has 2 nitrogen and oxygen atoms in total. The highest BCUT2D eigenvalue weighted by Crippen LogP contribution is 2.24. The molecule has 2 atom stereocenters. The maximum absolute atomic E-state index is 12.3. The quantitative estimate of drug-likeness (QED) is 0.794. The Hall–Kier alpha value is -0.720. The Balaban J connectivity index is 2.15. The third-order valence-corrected chi connectivity index (χ3v) is 6.06. The van der Waals surface area contributed by atoms with E-state index in [0.717, 1.165) is 25.2 Å². The van der Waals surface area contributed by atoms with Gasteiger partial charge in [0, 0.05) is 8.47 Å². The van der Waals surface area contributed by atoms with Crippen molar-refractivity contribution in [3.05, 3.63) is 62.7 Å². The predicted molar refractivity (Wildman–Crippen MR) is 91.3 cm³/mol. The van der Waals surface area contributed by atoms with E-state index in [0.29, 0.717) is 0 Å². The van der Waals surface area contributed by atoms with Crippen LogP contribution in [0.1, 0.15) is 22.8 Å². The lowest BCUT2D eigenvalue weighted by molar-refractivity contribution is 0.202. The van der Waals surface area contributed by atoms with Crippen LogP contribution in [-0.4, -0.2) is 15.1 Å². The van der Waals surface area contributed by atoms with Crippen LogP contribution >= 0.6 is 22.6 Å². The first-order valence-electron chi connectivity index (χ1n) is 6.37. The van der Waals surface area contributed by atoms with Crippen molar-refractivity contribution in [2.45, 2.75) is 24.8 Å². The molecule has 2 rings (SSSR count). The summed E-state index contributed by atoms with van der Waals surface area (Å²) in [6.07, 6.45) is -0.705. The maximum Gasteiger partial charge on any atom is 0.0919 e. The van der Waals surface area contributed by atoms with Gasteiger partial charge in [-0.3, -0.25) is 4.21 Å². The van der Waals surface area contributed by atoms with Gasteiger partial charge in [0.2, 0.25) is 0 Å². The molecule has 2 aromatic rings. The molecule has 1 unspecified atom stereocenters. The van der Waals surface area contributed by atoms with Crippen molar-refractivity contribution in [1.82, 2.24) is 0 Å². The van der Waals surface area contributed by atoms with Crippen LogP contribution in [0.25, 0.3) is 0 Å². The zero-order valence-corrected chi connectivity index (χ0v) is 14.4. The van der Waals surface area contributed by atoms with Crippen LogP contribution in [-0.2, 0) is 10.8 Å². The molecule has 0 fully saturated rings. The first kappa shape index (κ1) is 15.7. The van der Waals surface area contributed by atoms with Crippen LogP contribution in [0.5, 0.6) is 0 Å². The van der Waals surface area contributed by atoms with Crippen LogP contribution in [0.3, 0.4) is 0 Å². The number of aliphatic hydroxyl groups is 1. The molecule has 0 spiro atoms. The molecule has 0 saturated carbocycles. The number of aliphatic hydroxyl groups excluding tert-OH is 1. The van der Waals surface area contributed by atoms with Gasteiger partial charge in [0.1, 0.15) is 0 Å². The molecule has 0 aliphatic carbocycles. The molecule has 0 saturated heterocycles. The minimum Gasteiger partial charge on any atom is -0.387 e. The molecule has 106 valence electrons. The highest BCUT2D eigenvalue weighted by molar-refractivity contribution is 14.1. The van der Waals surface area contributed by atoms with E-state index in [1.807, 2.05) is 56.3 Å². The van der Waals surface area contributed by atoms with Crippen molar-refractivity contribution in [2.75, 3.05) is 5.75 Å². The van der Waals surface area contributed by atoms with Crippen molar-refractivity contribution in [1.29, 1.82) is 0 Å². The minimum atomic E-state index is -1.19. The molecule has 0 heterocycles. The number of halogens is 1. The summed E-state index contributed by atoms with van der Waals surface area (Å²) in [5, 5.41) is 10.3. The normalized spacial score (nSPS) is 14.0. The van der Waals surface area contributed by atoms with E-state index in [2.05, 4.69) is 22.6 Å². The molecule has 4 heteroatoms. The topological polar surface area (TPSA) is 37.3 Å². The summed E-state index contributed by atoms with van der Waals surface area (Å²) in [6, 6.07) is 13.4. The Morgan fingerprint density at radius 3 is 2.45 bits per heavy atom. The fraction of sp³-hybridized carbons (Fsp3) is 0.250. The van der Waals surface area contributed by atoms with E-state index in [4.69, 9.17) is 0 Å². The number of benzene rings is 2. The average Bonchev–Trinajstić information content (AvgIpc) is 2.42. The molecule has 0 amide bonds. The van der Waals surface area contributed by atoms with Crippen LogP contribution in [0.2, 0.25) is 0 Å². The van der Waals surface area contributed by atoms with Crippen molar-refractivity contribution in [2.24, 2.45) is 0 Å². The van der Waals surface area contributed by atoms with E-state index >= 15 is 0 Å².